The number of hydrogen-bond donors (Lipinski definition) is 1. The summed E-state index contributed by atoms with van der Waals surface area (Å²) in [5.41, 5.74) is 0.265. The number of amides is 1. The molecular formula is C16H18N6O3. The van der Waals surface area contributed by atoms with Crippen molar-refractivity contribution in [1.29, 1.82) is 0 Å². The maximum atomic E-state index is 12.3. The van der Waals surface area contributed by atoms with Gasteiger partial charge in [0.15, 0.2) is 0 Å². The molecule has 0 aliphatic carbocycles. The number of nitrogens with zero attached hydrogens (tertiary/aromatic N) is 5. The minimum Gasteiger partial charge on any atom is -0.354 e. The third kappa shape index (κ3) is 4.07. The fourth-order valence-electron chi connectivity index (χ4n) is 2.55. The Balaban J connectivity index is 1.69. The lowest BCUT2D eigenvalue weighted by Gasteiger charge is -2.33. The minimum atomic E-state index is -0.506. The van der Waals surface area contributed by atoms with Crippen LogP contribution in [-0.4, -0.2) is 58.9 Å². The average Bonchev–Trinajstić information content (AvgIpc) is 2.62. The van der Waals surface area contributed by atoms with Crippen LogP contribution < -0.4 is 10.2 Å². The van der Waals surface area contributed by atoms with Gasteiger partial charge >= 0.3 is 0 Å². The maximum Gasteiger partial charge on any atom is 0.269 e. The van der Waals surface area contributed by atoms with Crippen molar-refractivity contribution in [3.8, 4) is 0 Å². The third-order valence-corrected chi connectivity index (χ3v) is 4.06. The average molecular weight is 342 g/mol. The van der Waals surface area contributed by atoms with Gasteiger partial charge in [-0.25, -0.2) is 9.97 Å². The van der Waals surface area contributed by atoms with E-state index in [0.717, 1.165) is 32.0 Å². The van der Waals surface area contributed by atoms with Crippen LogP contribution in [0.3, 0.4) is 0 Å². The summed E-state index contributed by atoms with van der Waals surface area (Å²) < 4.78 is 0. The summed E-state index contributed by atoms with van der Waals surface area (Å²) in [6, 6.07) is 7.15. The molecule has 0 atom stereocenters. The number of nitro groups is 1. The molecule has 0 radical (unpaired) electrons. The van der Waals surface area contributed by atoms with E-state index in [1.165, 1.54) is 30.6 Å². The molecule has 0 bridgehead atoms. The number of piperazine rings is 1. The Morgan fingerprint density at radius 3 is 2.48 bits per heavy atom. The van der Waals surface area contributed by atoms with Crippen LogP contribution in [0.15, 0.2) is 36.7 Å². The van der Waals surface area contributed by atoms with Gasteiger partial charge in [-0.15, -0.1) is 0 Å². The highest BCUT2D eigenvalue weighted by atomic mass is 16.6. The smallest absolute Gasteiger partial charge is 0.269 e. The Labute approximate surface area is 144 Å². The largest absolute Gasteiger partial charge is 0.354 e. The number of aromatic nitrogens is 2. The quantitative estimate of drug-likeness (QED) is 0.661. The monoisotopic (exact) mass is 342 g/mol. The lowest BCUT2D eigenvalue weighted by molar-refractivity contribution is -0.384. The molecule has 2 heterocycles. The summed E-state index contributed by atoms with van der Waals surface area (Å²) in [6.45, 7) is 3.63. The van der Waals surface area contributed by atoms with Gasteiger partial charge in [0.1, 0.15) is 18.0 Å². The molecule has 0 saturated carbocycles. The lowest BCUT2D eigenvalue weighted by Crippen LogP contribution is -2.44. The van der Waals surface area contributed by atoms with E-state index in [9.17, 15) is 14.9 Å². The van der Waals surface area contributed by atoms with E-state index in [0.29, 0.717) is 11.4 Å². The first-order chi connectivity index (χ1) is 12.0. The summed E-state index contributed by atoms with van der Waals surface area (Å²) in [7, 11) is 2.08. The molecule has 1 fully saturated rings. The van der Waals surface area contributed by atoms with Crippen LogP contribution in [0, 0.1) is 10.1 Å². The van der Waals surface area contributed by atoms with Crippen molar-refractivity contribution >= 4 is 23.2 Å². The molecular weight excluding hydrogens is 324 g/mol. The fraction of sp³-hybridized carbons (Fsp3) is 0.312. The van der Waals surface area contributed by atoms with Crippen LogP contribution in [-0.2, 0) is 0 Å². The first-order valence-corrected chi connectivity index (χ1v) is 7.84. The fourth-order valence-corrected chi connectivity index (χ4v) is 2.55. The predicted molar refractivity (Wildman–Crippen MR) is 92.8 cm³/mol. The number of hydrogen-bond acceptors (Lipinski definition) is 7. The number of benzene rings is 1. The zero-order chi connectivity index (χ0) is 17.8. The van der Waals surface area contributed by atoms with Crippen LogP contribution in [0.1, 0.15) is 10.4 Å². The van der Waals surface area contributed by atoms with Crippen LogP contribution in [0.2, 0.25) is 0 Å². The van der Waals surface area contributed by atoms with E-state index in [1.807, 2.05) is 0 Å². The molecule has 2 aromatic rings. The number of anilines is 2. The second kappa shape index (κ2) is 7.22. The first kappa shape index (κ1) is 16.8. The van der Waals surface area contributed by atoms with Crippen molar-refractivity contribution in [3.05, 3.63) is 52.3 Å². The van der Waals surface area contributed by atoms with E-state index in [4.69, 9.17) is 0 Å². The molecule has 1 saturated heterocycles. The van der Waals surface area contributed by atoms with Gasteiger partial charge in [0.25, 0.3) is 11.6 Å². The van der Waals surface area contributed by atoms with Gasteiger partial charge < -0.3 is 15.1 Å². The zero-order valence-corrected chi connectivity index (χ0v) is 13.8. The number of carbonyl (C=O) groups excluding carboxylic acids is 1. The highest BCUT2D eigenvalue weighted by Gasteiger charge is 2.16. The molecule has 0 unspecified atom stereocenters. The Morgan fingerprint density at radius 1 is 1.16 bits per heavy atom. The Bertz CT molecular complexity index is 772. The third-order valence-electron chi connectivity index (χ3n) is 4.06. The highest BCUT2D eigenvalue weighted by Crippen LogP contribution is 2.17. The Morgan fingerprint density at radius 2 is 1.84 bits per heavy atom. The molecule has 1 aliphatic heterocycles. The van der Waals surface area contributed by atoms with Crippen LogP contribution in [0.5, 0.6) is 0 Å². The molecule has 1 aromatic heterocycles. The molecule has 9 heteroatoms. The number of nitrogens with one attached hydrogen (secondary N) is 1. The van der Waals surface area contributed by atoms with Gasteiger partial charge in [-0.2, -0.15) is 0 Å². The number of likely N-dealkylation sites (N-methyl/N-ethyl adjacent to an activating group) is 1. The van der Waals surface area contributed by atoms with E-state index in [2.05, 4.69) is 32.1 Å². The summed E-state index contributed by atoms with van der Waals surface area (Å²) in [5.74, 6) is 0.785. The number of rotatable bonds is 4. The van der Waals surface area contributed by atoms with Crippen LogP contribution in [0.4, 0.5) is 17.3 Å². The molecule has 3 rings (SSSR count). The van der Waals surface area contributed by atoms with Gasteiger partial charge in [-0.05, 0) is 19.2 Å². The second-order valence-electron chi connectivity index (χ2n) is 5.81. The van der Waals surface area contributed by atoms with Crippen LogP contribution in [0.25, 0.3) is 0 Å². The van der Waals surface area contributed by atoms with Crippen molar-refractivity contribution in [1.82, 2.24) is 14.9 Å². The SMILES string of the molecule is CN1CCN(c2cc(NC(=O)c3ccc([N+](=O)[O-])cc3)ncn2)CC1. The molecule has 9 nitrogen and oxygen atoms in total. The van der Waals surface area contributed by atoms with Gasteiger partial charge in [-0.1, -0.05) is 0 Å². The molecule has 130 valence electrons. The van der Waals surface area contributed by atoms with Crippen LogP contribution >= 0.6 is 0 Å². The van der Waals surface area contributed by atoms with E-state index in [1.54, 1.807) is 6.07 Å². The van der Waals surface area contributed by atoms with Crippen molar-refractivity contribution in [2.24, 2.45) is 0 Å². The van der Waals surface area contributed by atoms with Gasteiger partial charge in [0.2, 0.25) is 0 Å². The highest BCUT2D eigenvalue weighted by molar-refractivity contribution is 6.04. The number of nitro benzene ring substituents is 1. The van der Waals surface area contributed by atoms with Gasteiger partial charge in [0.05, 0.1) is 4.92 Å². The molecule has 1 amide bonds. The maximum absolute atomic E-state index is 12.3. The topological polar surface area (TPSA) is 104 Å². The Kier molecular flexibility index (Phi) is 4.85. The molecule has 25 heavy (non-hydrogen) atoms. The minimum absolute atomic E-state index is 0.0593. The summed E-state index contributed by atoms with van der Waals surface area (Å²) in [4.78, 5) is 35.1. The van der Waals surface area contributed by atoms with Crippen molar-refractivity contribution < 1.29 is 9.72 Å². The molecule has 0 spiro atoms. The van der Waals surface area contributed by atoms with E-state index in [-0.39, 0.29) is 11.6 Å². The standard InChI is InChI=1S/C16H18N6O3/c1-20-6-8-21(9-7-20)15-10-14(17-11-18-15)19-16(23)12-2-4-13(5-3-12)22(24)25/h2-5,10-11H,6-9H2,1H3,(H,17,18,19,23). The van der Waals surface area contributed by atoms with Crippen molar-refractivity contribution in [3.63, 3.8) is 0 Å². The number of carbonyl (C=O) groups is 1. The lowest BCUT2D eigenvalue weighted by atomic mass is 10.2. The zero-order valence-electron chi connectivity index (χ0n) is 13.8. The van der Waals surface area contributed by atoms with E-state index < -0.39 is 4.92 Å². The molecule has 1 N–H and O–H groups in total. The summed E-state index contributed by atoms with van der Waals surface area (Å²) >= 11 is 0. The van der Waals surface area contributed by atoms with Gasteiger partial charge in [0, 0.05) is 49.9 Å². The second-order valence-corrected chi connectivity index (χ2v) is 5.81. The first-order valence-electron chi connectivity index (χ1n) is 7.84. The summed E-state index contributed by atoms with van der Waals surface area (Å²) in [6.07, 6.45) is 1.42. The normalized spacial score (nSPS) is 15.0. The Hall–Kier alpha value is -3.07. The van der Waals surface area contributed by atoms with Crippen molar-refractivity contribution in [2.45, 2.75) is 0 Å². The van der Waals surface area contributed by atoms with Gasteiger partial charge in [-0.3, -0.25) is 14.9 Å². The number of non-ortho nitro benzene ring substituents is 1. The summed E-state index contributed by atoms with van der Waals surface area (Å²) in [5, 5.41) is 13.4. The molecule has 1 aromatic carbocycles. The molecule has 1 aliphatic rings. The van der Waals surface area contributed by atoms with Crippen molar-refractivity contribution in [2.75, 3.05) is 43.4 Å². The van der Waals surface area contributed by atoms with E-state index >= 15 is 0 Å². The predicted octanol–water partition coefficient (Wildman–Crippen LogP) is 1.39.